The molecule has 1 saturated carbocycles. The van der Waals surface area contributed by atoms with Crippen LogP contribution >= 0.6 is 0 Å². The summed E-state index contributed by atoms with van der Waals surface area (Å²) in [5.74, 6) is 0.204. The molecule has 1 aliphatic carbocycles. The number of nitrogens with one attached hydrogen (secondary N) is 1. The van der Waals surface area contributed by atoms with Gasteiger partial charge in [0.25, 0.3) is 5.91 Å². The van der Waals surface area contributed by atoms with Gasteiger partial charge in [0, 0.05) is 6.04 Å². The summed E-state index contributed by atoms with van der Waals surface area (Å²) in [7, 11) is 2.80. The monoisotopic (exact) mass is 335 g/mol. The first-order chi connectivity index (χ1) is 11.5. The van der Waals surface area contributed by atoms with E-state index in [1.807, 2.05) is 0 Å². The van der Waals surface area contributed by atoms with Crippen LogP contribution in [-0.2, 0) is 9.53 Å². The Balaban J connectivity index is 2.00. The van der Waals surface area contributed by atoms with Gasteiger partial charge in [0.05, 0.1) is 19.8 Å². The zero-order valence-electron chi connectivity index (χ0n) is 14.5. The maximum absolute atomic E-state index is 12.3. The van der Waals surface area contributed by atoms with E-state index in [1.54, 1.807) is 19.1 Å². The van der Waals surface area contributed by atoms with Crippen molar-refractivity contribution in [2.24, 2.45) is 0 Å². The van der Waals surface area contributed by atoms with E-state index in [9.17, 15) is 9.59 Å². The average Bonchev–Trinajstić information content (AvgIpc) is 2.62. The fraction of sp³-hybridized carbons (Fsp3) is 0.556. The van der Waals surface area contributed by atoms with Crippen LogP contribution in [0.2, 0.25) is 0 Å². The Labute approximate surface area is 142 Å². The summed E-state index contributed by atoms with van der Waals surface area (Å²) in [6, 6.07) is 4.96. The Bertz CT molecular complexity index is 581. The van der Waals surface area contributed by atoms with Gasteiger partial charge in [-0.3, -0.25) is 4.79 Å². The molecule has 0 heterocycles. The van der Waals surface area contributed by atoms with Crippen molar-refractivity contribution < 1.29 is 23.8 Å². The maximum atomic E-state index is 12.3. The largest absolute Gasteiger partial charge is 0.493 e. The summed E-state index contributed by atoms with van der Waals surface area (Å²) in [5.41, 5.74) is 0.362. The molecule has 0 bridgehead atoms. The summed E-state index contributed by atoms with van der Waals surface area (Å²) < 4.78 is 15.6. The van der Waals surface area contributed by atoms with Crippen LogP contribution in [0.1, 0.15) is 49.4 Å². The molecule has 1 atom stereocenters. The summed E-state index contributed by atoms with van der Waals surface area (Å²) in [5, 5.41) is 3.04. The first-order valence-corrected chi connectivity index (χ1v) is 8.28. The molecule has 1 N–H and O–H groups in total. The molecule has 0 aromatic heterocycles. The Kier molecular flexibility index (Phi) is 6.46. The van der Waals surface area contributed by atoms with E-state index in [1.165, 1.54) is 26.7 Å². The number of amides is 1. The van der Waals surface area contributed by atoms with Gasteiger partial charge in [0.1, 0.15) is 0 Å². The summed E-state index contributed by atoms with van der Waals surface area (Å²) in [4.78, 5) is 23.8. The molecule has 0 aliphatic heterocycles. The Morgan fingerprint density at radius 1 is 1.12 bits per heavy atom. The molecule has 132 valence electrons. The second-order valence-corrected chi connectivity index (χ2v) is 5.96. The van der Waals surface area contributed by atoms with Crippen molar-refractivity contribution >= 4 is 11.9 Å². The second-order valence-electron chi connectivity index (χ2n) is 5.96. The zero-order valence-corrected chi connectivity index (χ0v) is 14.5. The summed E-state index contributed by atoms with van der Waals surface area (Å²) in [6.45, 7) is 1.70. The lowest BCUT2D eigenvalue weighted by molar-refractivity contribution is -0.128. The zero-order chi connectivity index (χ0) is 17.5. The molecule has 0 radical (unpaired) electrons. The van der Waals surface area contributed by atoms with Crippen LogP contribution < -0.4 is 14.8 Å². The second kappa shape index (κ2) is 8.57. The number of carbonyl (C=O) groups excluding carboxylic acids is 2. The Morgan fingerprint density at radius 2 is 1.83 bits per heavy atom. The van der Waals surface area contributed by atoms with Gasteiger partial charge in [-0.05, 0) is 38.0 Å². The molecule has 1 aromatic carbocycles. The predicted molar refractivity (Wildman–Crippen MR) is 89.4 cm³/mol. The van der Waals surface area contributed by atoms with Gasteiger partial charge < -0.3 is 19.5 Å². The Morgan fingerprint density at radius 3 is 2.46 bits per heavy atom. The number of methoxy groups -OCH3 is 2. The minimum Gasteiger partial charge on any atom is -0.493 e. The van der Waals surface area contributed by atoms with Crippen molar-refractivity contribution in [2.75, 3.05) is 14.2 Å². The van der Waals surface area contributed by atoms with Gasteiger partial charge >= 0.3 is 5.97 Å². The van der Waals surface area contributed by atoms with Gasteiger partial charge in [0.2, 0.25) is 0 Å². The minimum atomic E-state index is -0.648. The third kappa shape index (κ3) is 4.63. The molecule has 1 aliphatic rings. The van der Waals surface area contributed by atoms with E-state index >= 15 is 0 Å². The van der Waals surface area contributed by atoms with Crippen LogP contribution in [0.25, 0.3) is 0 Å². The van der Waals surface area contributed by atoms with Crippen molar-refractivity contribution in [3.8, 4) is 11.5 Å². The van der Waals surface area contributed by atoms with Crippen molar-refractivity contribution in [1.29, 1.82) is 0 Å². The number of rotatable bonds is 6. The molecule has 6 nitrogen and oxygen atoms in total. The van der Waals surface area contributed by atoms with Gasteiger partial charge in [-0.15, -0.1) is 0 Å². The van der Waals surface area contributed by atoms with E-state index in [4.69, 9.17) is 9.47 Å². The van der Waals surface area contributed by atoms with Crippen LogP contribution in [0.15, 0.2) is 18.2 Å². The molecular weight excluding hydrogens is 310 g/mol. The van der Waals surface area contributed by atoms with Crippen LogP contribution in [0.4, 0.5) is 0 Å². The maximum Gasteiger partial charge on any atom is 0.337 e. The normalized spacial score (nSPS) is 16.1. The lowest BCUT2D eigenvalue weighted by Gasteiger charge is -2.25. The topological polar surface area (TPSA) is 73.9 Å². The van der Waals surface area contributed by atoms with Crippen LogP contribution in [-0.4, -0.2) is 38.2 Å². The number of ether oxygens (including phenoxy) is 3. The molecule has 1 fully saturated rings. The Hall–Kier alpha value is -2.24. The highest BCUT2D eigenvalue weighted by Gasteiger charge is 2.22. The standard InChI is InChI=1S/C18H25NO5/c1-12(17(20)19-14-7-5-4-6-8-14)24-15-10-9-13(18(21)23-3)11-16(15)22-2/h9-12,14H,4-8H2,1-3H3,(H,19,20). The lowest BCUT2D eigenvalue weighted by atomic mass is 9.95. The molecule has 1 amide bonds. The number of benzene rings is 1. The molecule has 24 heavy (non-hydrogen) atoms. The number of hydrogen-bond acceptors (Lipinski definition) is 5. The van der Waals surface area contributed by atoms with Gasteiger partial charge in [0.15, 0.2) is 17.6 Å². The molecule has 1 unspecified atom stereocenters. The van der Waals surface area contributed by atoms with Crippen molar-refractivity contribution in [2.45, 2.75) is 51.2 Å². The van der Waals surface area contributed by atoms with Gasteiger partial charge in [-0.25, -0.2) is 4.79 Å². The van der Waals surface area contributed by atoms with E-state index in [2.05, 4.69) is 10.1 Å². The van der Waals surface area contributed by atoms with Crippen LogP contribution in [0, 0.1) is 0 Å². The average molecular weight is 335 g/mol. The molecule has 6 heteroatoms. The number of esters is 1. The molecule has 1 aromatic rings. The fourth-order valence-electron chi connectivity index (χ4n) is 2.82. The van der Waals surface area contributed by atoms with E-state index in [-0.39, 0.29) is 11.9 Å². The van der Waals surface area contributed by atoms with Crippen molar-refractivity contribution in [3.63, 3.8) is 0 Å². The number of carbonyl (C=O) groups is 2. The fourth-order valence-corrected chi connectivity index (χ4v) is 2.82. The lowest BCUT2D eigenvalue weighted by Crippen LogP contribution is -2.43. The SMILES string of the molecule is COC(=O)c1ccc(OC(C)C(=O)NC2CCCCC2)c(OC)c1. The molecule has 2 rings (SSSR count). The van der Waals surface area contributed by atoms with E-state index in [0.29, 0.717) is 17.1 Å². The number of hydrogen-bond donors (Lipinski definition) is 1. The van der Waals surface area contributed by atoms with E-state index < -0.39 is 12.1 Å². The third-order valence-electron chi connectivity index (χ3n) is 4.21. The molecule has 0 saturated heterocycles. The summed E-state index contributed by atoms with van der Waals surface area (Å²) >= 11 is 0. The van der Waals surface area contributed by atoms with Gasteiger partial charge in [-0.1, -0.05) is 19.3 Å². The first kappa shape index (κ1) is 18.1. The van der Waals surface area contributed by atoms with Crippen molar-refractivity contribution in [3.05, 3.63) is 23.8 Å². The molecule has 0 spiro atoms. The molecular formula is C18H25NO5. The van der Waals surface area contributed by atoms with Crippen molar-refractivity contribution in [1.82, 2.24) is 5.32 Å². The highest BCUT2D eigenvalue weighted by atomic mass is 16.5. The van der Waals surface area contributed by atoms with E-state index in [0.717, 1.165) is 25.7 Å². The highest BCUT2D eigenvalue weighted by Crippen LogP contribution is 2.29. The predicted octanol–water partition coefficient (Wildman–Crippen LogP) is 2.70. The highest BCUT2D eigenvalue weighted by molar-refractivity contribution is 5.90. The summed E-state index contributed by atoms with van der Waals surface area (Å²) in [6.07, 6.45) is 4.95. The third-order valence-corrected chi connectivity index (χ3v) is 4.21. The first-order valence-electron chi connectivity index (χ1n) is 8.28. The van der Waals surface area contributed by atoms with Gasteiger partial charge in [-0.2, -0.15) is 0 Å². The minimum absolute atomic E-state index is 0.138. The van der Waals surface area contributed by atoms with Crippen LogP contribution in [0.3, 0.4) is 0 Å². The van der Waals surface area contributed by atoms with Crippen LogP contribution in [0.5, 0.6) is 11.5 Å². The smallest absolute Gasteiger partial charge is 0.337 e. The quantitative estimate of drug-likeness (QED) is 0.809.